The summed E-state index contributed by atoms with van der Waals surface area (Å²) in [6, 6.07) is 0.572. The molecule has 0 spiro atoms. The van der Waals surface area contributed by atoms with Gasteiger partial charge in [0.2, 0.25) is 0 Å². The fourth-order valence-corrected chi connectivity index (χ4v) is 3.61. The van der Waals surface area contributed by atoms with E-state index in [9.17, 15) is 0 Å². The minimum atomic E-state index is 0.242. The number of halogens is 1. The third-order valence-electron chi connectivity index (χ3n) is 5.17. The Morgan fingerprint density at radius 3 is 2.48 bits per heavy atom. The van der Waals surface area contributed by atoms with Crippen LogP contribution in [0.25, 0.3) is 0 Å². The highest BCUT2D eigenvalue weighted by Crippen LogP contribution is 2.28. The third-order valence-corrected chi connectivity index (χ3v) is 5.67. The lowest BCUT2D eigenvalue weighted by atomic mass is 9.88. The van der Waals surface area contributed by atoms with E-state index in [1.807, 2.05) is 18.7 Å². The average Bonchev–Trinajstić information content (AvgIpc) is 2.73. The second kappa shape index (κ2) is 6.67. The molecule has 4 nitrogen and oxygen atoms in total. The van der Waals surface area contributed by atoms with Gasteiger partial charge in [0.1, 0.15) is 0 Å². The molecule has 0 aromatic carbocycles. The van der Waals surface area contributed by atoms with Crippen LogP contribution in [-0.4, -0.2) is 39.4 Å². The number of nitrogens with one attached hydrogen (secondary N) is 1. The summed E-state index contributed by atoms with van der Waals surface area (Å²) in [6.45, 7) is 11.8. The summed E-state index contributed by atoms with van der Waals surface area (Å²) >= 11 is 6.44. The van der Waals surface area contributed by atoms with Crippen molar-refractivity contribution in [3.05, 3.63) is 16.4 Å². The molecular weight excluding hydrogens is 284 g/mol. The molecule has 0 amide bonds. The van der Waals surface area contributed by atoms with Crippen LogP contribution in [0.5, 0.6) is 0 Å². The molecule has 0 aliphatic carbocycles. The van der Waals surface area contributed by atoms with Crippen molar-refractivity contribution in [2.24, 2.45) is 7.05 Å². The molecule has 1 aromatic heterocycles. The molecule has 120 valence electrons. The van der Waals surface area contributed by atoms with Gasteiger partial charge in [-0.05, 0) is 26.2 Å². The molecule has 0 radical (unpaired) electrons. The van der Waals surface area contributed by atoms with E-state index in [0.29, 0.717) is 6.04 Å². The maximum Gasteiger partial charge on any atom is 0.0860 e. The predicted octanol–water partition coefficient (Wildman–Crippen LogP) is 3.12. The van der Waals surface area contributed by atoms with Crippen LogP contribution in [0.4, 0.5) is 0 Å². The Morgan fingerprint density at radius 1 is 1.33 bits per heavy atom. The van der Waals surface area contributed by atoms with Crippen LogP contribution in [-0.2, 0) is 13.6 Å². The lowest BCUT2D eigenvalue weighted by Crippen LogP contribution is -2.63. The summed E-state index contributed by atoms with van der Waals surface area (Å²) in [5.41, 5.74) is 2.30. The van der Waals surface area contributed by atoms with Crippen molar-refractivity contribution in [2.75, 3.05) is 13.1 Å². The summed E-state index contributed by atoms with van der Waals surface area (Å²) in [4.78, 5) is 2.59. The minimum absolute atomic E-state index is 0.242. The van der Waals surface area contributed by atoms with Crippen molar-refractivity contribution in [3.8, 4) is 0 Å². The number of aromatic nitrogens is 2. The standard InChI is InChI=1S/C16H29ClN4/c1-6-13-9-18-16(7-2,8-3)11-21(13)10-14-15(17)12(4)19-20(14)5/h13,18H,6-11H2,1-5H3. The maximum atomic E-state index is 6.44. The van der Waals surface area contributed by atoms with Gasteiger partial charge in [0, 0.05) is 38.3 Å². The van der Waals surface area contributed by atoms with Crippen LogP contribution in [0.1, 0.15) is 51.4 Å². The normalized spacial score (nSPS) is 22.7. The van der Waals surface area contributed by atoms with Crippen LogP contribution in [0.15, 0.2) is 0 Å². The molecule has 5 heteroatoms. The van der Waals surface area contributed by atoms with Gasteiger partial charge in [-0.2, -0.15) is 5.10 Å². The summed E-state index contributed by atoms with van der Waals surface area (Å²) in [5.74, 6) is 0. The zero-order valence-corrected chi connectivity index (χ0v) is 14.8. The van der Waals surface area contributed by atoms with Gasteiger partial charge in [0.15, 0.2) is 0 Å². The van der Waals surface area contributed by atoms with E-state index in [0.717, 1.165) is 55.3 Å². The van der Waals surface area contributed by atoms with E-state index in [2.05, 4.69) is 36.1 Å². The number of rotatable bonds is 5. The molecule has 1 atom stereocenters. The van der Waals surface area contributed by atoms with Gasteiger partial charge in [0.05, 0.1) is 16.4 Å². The van der Waals surface area contributed by atoms with E-state index in [1.54, 1.807) is 0 Å². The molecule has 1 aliphatic rings. The number of nitrogens with zero attached hydrogens (tertiary/aromatic N) is 3. The zero-order chi connectivity index (χ0) is 15.6. The van der Waals surface area contributed by atoms with Crippen molar-refractivity contribution < 1.29 is 0 Å². The van der Waals surface area contributed by atoms with E-state index >= 15 is 0 Å². The highest BCUT2D eigenvalue weighted by molar-refractivity contribution is 6.31. The predicted molar refractivity (Wildman–Crippen MR) is 88.8 cm³/mol. The van der Waals surface area contributed by atoms with Gasteiger partial charge >= 0.3 is 0 Å². The number of aryl methyl sites for hydroxylation is 2. The second-order valence-corrected chi connectivity index (χ2v) is 6.68. The van der Waals surface area contributed by atoms with Crippen molar-refractivity contribution in [1.29, 1.82) is 0 Å². The summed E-state index contributed by atoms with van der Waals surface area (Å²) < 4.78 is 1.94. The van der Waals surface area contributed by atoms with Gasteiger partial charge in [-0.15, -0.1) is 0 Å². The third kappa shape index (κ3) is 3.27. The number of piperazine rings is 1. The van der Waals surface area contributed by atoms with E-state index in [4.69, 9.17) is 11.6 Å². The molecule has 1 fully saturated rings. The Hall–Kier alpha value is -0.580. The lowest BCUT2D eigenvalue weighted by Gasteiger charge is -2.47. The summed E-state index contributed by atoms with van der Waals surface area (Å²) in [6.07, 6.45) is 3.48. The summed E-state index contributed by atoms with van der Waals surface area (Å²) in [5, 5.41) is 9.06. The fourth-order valence-electron chi connectivity index (χ4n) is 3.39. The van der Waals surface area contributed by atoms with E-state index < -0.39 is 0 Å². The molecule has 1 unspecified atom stereocenters. The Morgan fingerprint density at radius 2 is 2.00 bits per heavy atom. The highest BCUT2D eigenvalue weighted by Gasteiger charge is 2.36. The molecule has 1 saturated heterocycles. The Labute approximate surface area is 133 Å². The monoisotopic (exact) mass is 312 g/mol. The molecule has 1 aromatic rings. The molecular formula is C16H29ClN4. The van der Waals surface area contributed by atoms with Crippen LogP contribution in [0.3, 0.4) is 0 Å². The Kier molecular flexibility index (Phi) is 5.33. The van der Waals surface area contributed by atoms with Crippen molar-refractivity contribution in [2.45, 2.75) is 65.1 Å². The number of hydrogen-bond acceptors (Lipinski definition) is 3. The van der Waals surface area contributed by atoms with Crippen LogP contribution in [0, 0.1) is 6.92 Å². The smallest absolute Gasteiger partial charge is 0.0860 e. The summed E-state index contributed by atoms with van der Waals surface area (Å²) in [7, 11) is 1.99. The fraction of sp³-hybridized carbons (Fsp3) is 0.812. The van der Waals surface area contributed by atoms with Gasteiger partial charge in [-0.1, -0.05) is 32.4 Å². The molecule has 21 heavy (non-hydrogen) atoms. The first-order valence-electron chi connectivity index (χ1n) is 8.13. The minimum Gasteiger partial charge on any atom is -0.308 e. The van der Waals surface area contributed by atoms with Crippen molar-refractivity contribution in [1.82, 2.24) is 20.0 Å². The van der Waals surface area contributed by atoms with Crippen molar-refractivity contribution in [3.63, 3.8) is 0 Å². The van der Waals surface area contributed by atoms with Crippen LogP contribution < -0.4 is 5.32 Å². The molecule has 0 bridgehead atoms. The zero-order valence-electron chi connectivity index (χ0n) is 14.0. The molecule has 1 aliphatic heterocycles. The first kappa shape index (κ1) is 16.8. The van der Waals surface area contributed by atoms with Gasteiger partial charge in [0.25, 0.3) is 0 Å². The molecule has 0 saturated carbocycles. The average molecular weight is 313 g/mol. The molecule has 2 heterocycles. The molecule has 1 N–H and O–H groups in total. The lowest BCUT2D eigenvalue weighted by molar-refractivity contribution is 0.0624. The van der Waals surface area contributed by atoms with Gasteiger partial charge in [-0.25, -0.2) is 0 Å². The Balaban J connectivity index is 2.21. The SMILES string of the molecule is CCC1CNC(CC)(CC)CN1Cc1c(Cl)c(C)nn1C. The highest BCUT2D eigenvalue weighted by atomic mass is 35.5. The van der Waals surface area contributed by atoms with Gasteiger partial charge in [-0.3, -0.25) is 9.58 Å². The van der Waals surface area contributed by atoms with E-state index in [1.165, 1.54) is 0 Å². The van der Waals surface area contributed by atoms with Crippen LogP contribution >= 0.6 is 11.6 Å². The topological polar surface area (TPSA) is 33.1 Å². The van der Waals surface area contributed by atoms with Crippen molar-refractivity contribution >= 4 is 11.6 Å². The largest absolute Gasteiger partial charge is 0.308 e. The van der Waals surface area contributed by atoms with E-state index in [-0.39, 0.29) is 5.54 Å². The maximum absolute atomic E-state index is 6.44. The molecule has 2 rings (SSSR count). The second-order valence-electron chi connectivity index (χ2n) is 6.31. The van der Waals surface area contributed by atoms with Gasteiger partial charge < -0.3 is 5.32 Å². The Bertz CT molecular complexity index is 479. The first-order valence-corrected chi connectivity index (χ1v) is 8.51. The van der Waals surface area contributed by atoms with Crippen LogP contribution in [0.2, 0.25) is 5.02 Å². The quantitative estimate of drug-likeness (QED) is 0.907. The first-order chi connectivity index (χ1) is 9.96. The number of hydrogen-bond donors (Lipinski definition) is 1.